The molecule has 0 radical (unpaired) electrons. The van der Waals surface area contributed by atoms with E-state index in [9.17, 15) is 9.18 Å². The molecule has 0 spiro atoms. The molecule has 4 rings (SSSR count). The number of rotatable bonds is 3. The molecule has 0 saturated heterocycles. The molecule has 3 nitrogen and oxygen atoms in total. The van der Waals surface area contributed by atoms with Crippen LogP contribution >= 0.6 is 11.6 Å². The van der Waals surface area contributed by atoms with Gasteiger partial charge in [-0.15, -0.1) is 0 Å². The van der Waals surface area contributed by atoms with Gasteiger partial charge in [-0.2, -0.15) is 0 Å². The maximum atomic E-state index is 13.9. The normalized spacial score (nSPS) is 16.5. The Morgan fingerprint density at radius 2 is 2.04 bits per heavy atom. The molecular weight excluding hydrogens is 353 g/mol. The number of ether oxygens (including phenoxy) is 1. The maximum Gasteiger partial charge on any atom is 0.303 e. The zero-order valence-corrected chi connectivity index (χ0v) is 15.2. The lowest BCUT2D eigenvalue weighted by Crippen LogP contribution is -2.19. The number of halogens is 2. The van der Waals surface area contributed by atoms with Gasteiger partial charge in [0.2, 0.25) is 0 Å². The quantitative estimate of drug-likeness (QED) is 0.575. The molecule has 134 valence electrons. The van der Waals surface area contributed by atoms with E-state index in [4.69, 9.17) is 16.3 Å². The molecule has 0 fully saturated rings. The summed E-state index contributed by atoms with van der Waals surface area (Å²) in [6, 6.07) is 12.6. The van der Waals surface area contributed by atoms with Crippen molar-refractivity contribution in [1.82, 2.24) is 4.57 Å². The summed E-state index contributed by atoms with van der Waals surface area (Å²) < 4.78 is 21.6. The van der Waals surface area contributed by atoms with Gasteiger partial charge in [0.15, 0.2) is 0 Å². The Balaban J connectivity index is 1.89. The van der Waals surface area contributed by atoms with Crippen LogP contribution in [-0.4, -0.2) is 10.5 Å². The summed E-state index contributed by atoms with van der Waals surface area (Å²) in [6.45, 7) is 2.05. The lowest BCUT2D eigenvalue weighted by atomic mass is 9.93. The number of carbonyl (C=O) groups excluding carboxylic acids is 1. The Hall–Kier alpha value is -2.33. The van der Waals surface area contributed by atoms with E-state index in [1.807, 2.05) is 30.3 Å². The zero-order valence-electron chi connectivity index (χ0n) is 14.5. The zero-order chi connectivity index (χ0) is 18.3. The molecule has 0 N–H and O–H groups in total. The van der Waals surface area contributed by atoms with Crippen molar-refractivity contribution in [2.75, 3.05) is 0 Å². The molecule has 26 heavy (non-hydrogen) atoms. The average Bonchev–Trinajstić information content (AvgIpc) is 2.91. The van der Waals surface area contributed by atoms with Gasteiger partial charge in [-0.3, -0.25) is 4.79 Å². The first-order chi connectivity index (χ1) is 12.5. The van der Waals surface area contributed by atoms with Gasteiger partial charge in [0.05, 0.1) is 5.69 Å². The molecule has 5 heteroatoms. The molecule has 1 atom stereocenters. The van der Waals surface area contributed by atoms with Gasteiger partial charge in [-0.1, -0.05) is 23.7 Å². The van der Waals surface area contributed by atoms with Gasteiger partial charge < -0.3 is 9.30 Å². The van der Waals surface area contributed by atoms with E-state index in [-0.39, 0.29) is 17.9 Å². The first kappa shape index (κ1) is 17.1. The molecule has 0 aliphatic heterocycles. The minimum Gasteiger partial charge on any atom is -0.456 e. The third kappa shape index (κ3) is 3.10. The van der Waals surface area contributed by atoms with Crippen molar-refractivity contribution in [3.8, 4) is 0 Å². The first-order valence-electron chi connectivity index (χ1n) is 8.75. The second kappa shape index (κ2) is 6.76. The second-order valence-corrected chi connectivity index (χ2v) is 7.16. The highest BCUT2D eigenvalue weighted by molar-refractivity contribution is 6.30. The fourth-order valence-corrected chi connectivity index (χ4v) is 4.03. The van der Waals surface area contributed by atoms with E-state index in [1.165, 1.54) is 13.0 Å². The van der Waals surface area contributed by atoms with Gasteiger partial charge in [0.1, 0.15) is 11.9 Å². The second-order valence-electron chi connectivity index (χ2n) is 6.73. The summed E-state index contributed by atoms with van der Waals surface area (Å²) >= 11 is 6.00. The summed E-state index contributed by atoms with van der Waals surface area (Å²) in [6.07, 6.45) is 2.27. The number of hydrogen-bond acceptors (Lipinski definition) is 2. The highest BCUT2D eigenvalue weighted by atomic mass is 35.5. The van der Waals surface area contributed by atoms with Crippen LogP contribution in [0.3, 0.4) is 0 Å². The van der Waals surface area contributed by atoms with E-state index < -0.39 is 0 Å². The van der Waals surface area contributed by atoms with Crippen molar-refractivity contribution in [3.63, 3.8) is 0 Å². The monoisotopic (exact) mass is 371 g/mol. The predicted molar refractivity (Wildman–Crippen MR) is 99.9 cm³/mol. The van der Waals surface area contributed by atoms with Gasteiger partial charge in [0, 0.05) is 29.4 Å². The number of aryl methyl sites for hydroxylation is 1. The summed E-state index contributed by atoms with van der Waals surface area (Å²) in [5, 5.41) is 1.60. The Bertz CT molecular complexity index is 978. The molecule has 2 aromatic carbocycles. The number of esters is 1. The van der Waals surface area contributed by atoms with E-state index in [2.05, 4.69) is 4.57 Å². The highest BCUT2D eigenvalue weighted by Gasteiger charge is 2.29. The van der Waals surface area contributed by atoms with Crippen LogP contribution in [0.2, 0.25) is 5.02 Å². The lowest BCUT2D eigenvalue weighted by molar-refractivity contribution is -0.147. The largest absolute Gasteiger partial charge is 0.456 e. The van der Waals surface area contributed by atoms with Crippen molar-refractivity contribution >= 4 is 28.5 Å². The third-order valence-electron chi connectivity index (χ3n) is 4.93. The number of benzene rings is 2. The van der Waals surface area contributed by atoms with Crippen molar-refractivity contribution in [1.29, 1.82) is 0 Å². The van der Waals surface area contributed by atoms with Gasteiger partial charge in [0.25, 0.3) is 0 Å². The van der Waals surface area contributed by atoms with E-state index in [1.54, 1.807) is 6.07 Å². The summed E-state index contributed by atoms with van der Waals surface area (Å²) in [7, 11) is 0. The maximum absolute atomic E-state index is 13.9. The molecule has 0 saturated carbocycles. The molecule has 0 bridgehead atoms. The molecule has 1 aliphatic carbocycles. The average molecular weight is 372 g/mol. The number of nitrogens with zero attached hydrogens (tertiary/aromatic N) is 1. The van der Waals surface area contributed by atoms with Crippen LogP contribution < -0.4 is 0 Å². The molecule has 1 aromatic heterocycles. The van der Waals surface area contributed by atoms with Crippen LogP contribution in [0.25, 0.3) is 10.9 Å². The fourth-order valence-electron chi connectivity index (χ4n) is 3.91. The Morgan fingerprint density at radius 1 is 1.27 bits per heavy atom. The van der Waals surface area contributed by atoms with E-state index in [0.29, 0.717) is 11.6 Å². The standard InChI is InChI=1S/C21H19ClFNO2/c1-13(25)26-20-4-2-3-17-18-11-16(23)9-10-19(18)24(21(17)20)12-14-5-7-15(22)8-6-14/h5-11,20H,2-4,12H2,1H3. The smallest absolute Gasteiger partial charge is 0.303 e. The molecule has 1 unspecified atom stereocenters. The number of carbonyl (C=O) groups is 1. The number of aromatic nitrogens is 1. The van der Waals surface area contributed by atoms with E-state index in [0.717, 1.165) is 47.0 Å². The van der Waals surface area contributed by atoms with Crippen molar-refractivity contribution in [2.24, 2.45) is 0 Å². The SMILES string of the molecule is CC(=O)OC1CCCc2c1n(Cc1ccc(Cl)cc1)c1ccc(F)cc21. The fraction of sp³-hybridized carbons (Fsp3) is 0.286. The van der Waals surface area contributed by atoms with Crippen molar-refractivity contribution in [2.45, 2.75) is 38.8 Å². The summed E-state index contributed by atoms with van der Waals surface area (Å²) in [4.78, 5) is 11.6. The minimum atomic E-state index is -0.294. The molecule has 1 heterocycles. The van der Waals surface area contributed by atoms with Crippen LogP contribution in [0.15, 0.2) is 42.5 Å². The Morgan fingerprint density at radius 3 is 2.77 bits per heavy atom. The van der Waals surface area contributed by atoms with Crippen LogP contribution in [-0.2, 0) is 22.5 Å². The van der Waals surface area contributed by atoms with Crippen molar-refractivity contribution in [3.05, 3.63) is 70.1 Å². The highest BCUT2D eigenvalue weighted by Crippen LogP contribution is 2.40. The molecule has 0 amide bonds. The predicted octanol–water partition coefficient (Wildman–Crippen LogP) is 5.42. The Kier molecular flexibility index (Phi) is 4.45. The first-order valence-corrected chi connectivity index (χ1v) is 9.13. The molecule has 1 aliphatic rings. The number of fused-ring (bicyclic) bond motifs is 3. The summed E-state index contributed by atoms with van der Waals surface area (Å²) in [5.41, 5.74) is 4.13. The molecule has 3 aromatic rings. The summed E-state index contributed by atoms with van der Waals surface area (Å²) in [5.74, 6) is -0.545. The van der Waals surface area contributed by atoms with Gasteiger partial charge in [-0.25, -0.2) is 4.39 Å². The third-order valence-corrected chi connectivity index (χ3v) is 5.19. The van der Waals surface area contributed by atoms with Crippen LogP contribution in [0.5, 0.6) is 0 Å². The minimum absolute atomic E-state index is 0.251. The van der Waals surface area contributed by atoms with Crippen LogP contribution in [0.4, 0.5) is 4.39 Å². The van der Waals surface area contributed by atoms with Crippen molar-refractivity contribution < 1.29 is 13.9 Å². The lowest BCUT2D eigenvalue weighted by Gasteiger charge is -2.25. The topological polar surface area (TPSA) is 31.2 Å². The van der Waals surface area contributed by atoms with Gasteiger partial charge in [-0.05, 0) is 60.7 Å². The van der Waals surface area contributed by atoms with Crippen LogP contribution in [0.1, 0.15) is 42.7 Å². The number of hydrogen-bond donors (Lipinski definition) is 0. The van der Waals surface area contributed by atoms with Gasteiger partial charge >= 0.3 is 5.97 Å². The molecular formula is C21H19ClFNO2. The van der Waals surface area contributed by atoms with E-state index >= 15 is 0 Å². The van der Waals surface area contributed by atoms with Crippen LogP contribution in [0, 0.1) is 5.82 Å². The Labute approximate surface area is 156 Å².